The molecule has 0 aromatic heterocycles. The van der Waals surface area contributed by atoms with Gasteiger partial charge in [0.2, 0.25) is 5.91 Å². The highest BCUT2D eigenvalue weighted by molar-refractivity contribution is 5.77. The first-order chi connectivity index (χ1) is 9.95. The molecular weight excluding hydrogens is 258 g/mol. The maximum atomic E-state index is 12.5. The van der Waals surface area contributed by atoms with Crippen LogP contribution in [0.2, 0.25) is 0 Å². The molecule has 0 aliphatic carbocycles. The highest BCUT2D eigenvalue weighted by Crippen LogP contribution is 2.18. The average molecular weight is 287 g/mol. The highest BCUT2D eigenvalue weighted by atomic mass is 16.2. The molecule has 1 aromatic carbocycles. The Morgan fingerprint density at radius 1 is 1.14 bits per heavy atom. The summed E-state index contributed by atoms with van der Waals surface area (Å²) >= 11 is 0. The fourth-order valence-electron chi connectivity index (χ4n) is 2.80. The van der Waals surface area contributed by atoms with E-state index in [1.807, 2.05) is 17.0 Å². The smallest absolute Gasteiger partial charge is 0.223 e. The van der Waals surface area contributed by atoms with E-state index >= 15 is 0 Å². The number of benzene rings is 1. The molecule has 2 nitrogen and oxygen atoms in total. The molecule has 0 fully saturated rings. The molecule has 0 unspecified atom stereocenters. The number of allylic oxidation sites excluding steroid dienone is 1. The van der Waals surface area contributed by atoms with Crippen molar-refractivity contribution in [3.05, 3.63) is 48.6 Å². The van der Waals surface area contributed by atoms with E-state index in [0.717, 1.165) is 12.8 Å². The van der Waals surface area contributed by atoms with Gasteiger partial charge < -0.3 is 4.90 Å². The Morgan fingerprint density at radius 2 is 1.71 bits per heavy atom. The minimum atomic E-state index is 0.234. The Labute approximate surface area is 129 Å². The van der Waals surface area contributed by atoms with Crippen molar-refractivity contribution >= 4 is 5.91 Å². The summed E-state index contributed by atoms with van der Waals surface area (Å²) in [5, 5.41) is 0. The molecule has 0 N–H and O–H groups in total. The van der Waals surface area contributed by atoms with E-state index in [0.29, 0.717) is 6.42 Å². The molecule has 0 spiro atoms. The van der Waals surface area contributed by atoms with Crippen LogP contribution in [0.3, 0.4) is 0 Å². The van der Waals surface area contributed by atoms with Gasteiger partial charge in [-0.1, -0.05) is 36.4 Å². The summed E-state index contributed by atoms with van der Waals surface area (Å²) in [6.07, 6.45) is 4.46. The van der Waals surface area contributed by atoms with Gasteiger partial charge in [0, 0.05) is 18.5 Å². The van der Waals surface area contributed by atoms with Crippen molar-refractivity contribution in [2.75, 3.05) is 0 Å². The molecule has 0 saturated heterocycles. The Kier molecular flexibility index (Phi) is 7.21. The molecule has 0 heterocycles. The Bertz CT molecular complexity index is 428. The highest BCUT2D eigenvalue weighted by Gasteiger charge is 2.22. The second kappa shape index (κ2) is 8.66. The molecule has 0 saturated carbocycles. The third-order valence-electron chi connectivity index (χ3n) is 3.82. The summed E-state index contributed by atoms with van der Waals surface area (Å²) in [6, 6.07) is 10.9. The second-order valence-corrected chi connectivity index (χ2v) is 6.21. The van der Waals surface area contributed by atoms with Crippen LogP contribution in [0, 0.1) is 5.92 Å². The van der Waals surface area contributed by atoms with Crippen LogP contribution in [-0.2, 0) is 11.2 Å². The quantitative estimate of drug-likeness (QED) is 0.647. The molecule has 1 rings (SSSR count). The van der Waals surface area contributed by atoms with Gasteiger partial charge in [0.25, 0.3) is 0 Å². The van der Waals surface area contributed by atoms with Gasteiger partial charge in [-0.25, -0.2) is 0 Å². The standard InChI is InChI=1S/C19H29NO/c1-6-17(12-13-18-10-8-7-9-11-18)14-19(21)20(15(2)3)16(4)5/h6-11,15-17H,1,12-14H2,2-5H3/t17-/m1/s1. The first-order valence-corrected chi connectivity index (χ1v) is 7.93. The average Bonchev–Trinajstić information content (AvgIpc) is 2.43. The number of rotatable bonds is 8. The maximum Gasteiger partial charge on any atom is 0.223 e. The molecule has 1 aromatic rings. The summed E-state index contributed by atoms with van der Waals surface area (Å²) in [7, 11) is 0. The van der Waals surface area contributed by atoms with Gasteiger partial charge in [0.1, 0.15) is 0 Å². The monoisotopic (exact) mass is 287 g/mol. The summed E-state index contributed by atoms with van der Waals surface area (Å²) in [4.78, 5) is 14.5. The van der Waals surface area contributed by atoms with Crippen molar-refractivity contribution in [2.45, 2.75) is 59.0 Å². The SMILES string of the molecule is C=C[C@H](CCc1ccccc1)CC(=O)N(C(C)C)C(C)C. The number of carbonyl (C=O) groups excluding carboxylic acids is 1. The van der Waals surface area contributed by atoms with Crippen molar-refractivity contribution in [1.82, 2.24) is 4.90 Å². The molecule has 21 heavy (non-hydrogen) atoms. The molecular formula is C19H29NO. The van der Waals surface area contributed by atoms with E-state index in [9.17, 15) is 4.79 Å². The predicted molar refractivity (Wildman–Crippen MR) is 90.2 cm³/mol. The van der Waals surface area contributed by atoms with Crippen LogP contribution < -0.4 is 0 Å². The van der Waals surface area contributed by atoms with Crippen LogP contribution in [0.4, 0.5) is 0 Å². The zero-order valence-electron chi connectivity index (χ0n) is 13.9. The lowest BCUT2D eigenvalue weighted by Crippen LogP contribution is -2.42. The van der Waals surface area contributed by atoms with Crippen molar-refractivity contribution in [3.8, 4) is 0 Å². The van der Waals surface area contributed by atoms with Crippen LogP contribution in [0.25, 0.3) is 0 Å². The third kappa shape index (κ3) is 5.74. The number of amides is 1. The molecule has 2 heteroatoms. The van der Waals surface area contributed by atoms with E-state index < -0.39 is 0 Å². The van der Waals surface area contributed by atoms with Gasteiger partial charge in [0.05, 0.1) is 0 Å². The molecule has 0 aliphatic heterocycles. The Balaban J connectivity index is 2.57. The fourth-order valence-corrected chi connectivity index (χ4v) is 2.80. The zero-order valence-corrected chi connectivity index (χ0v) is 13.9. The lowest BCUT2D eigenvalue weighted by atomic mass is 9.95. The van der Waals surface area contributed by atoms with Gasteiger partial charge >= 0.3 is 0 Å². The number of aryl methyl sites for hydroxylation is 1. The number of hydrogen-bond donors (Lipinski definition) is 0. The number of nitrogens with zero attached hydrogens (tertiary/aromatic N) is 1. The van der Waals surface area contributed by atoms with Gasteiger partial charge in [-0.05, 0) is 52.0 Å². The van der Waals surface area contributed by atoms with Crippen LogP contribution >= 0.6 is 0 Å². The molecule has 116 valence electrons. The Morgan fingerprint density at radius 3 is 2.19 bits per heavy atom. The lowest BCUT2D eigenvalue weighted by molar-refractivity contribution is -0.135. The van der Waals surface area contributed by atoms with Gasteiger partial charge in [-0.15, -0.1) is 6.58 Å². The van der Waals surface area contributed by atoms with Crippen molar-refractivity contribution < 1.29 is 4.79 Å². The van der Waals surface area contributed by atoms with Crippen molar-refractivity contribution in [3.63, 3.8) is 0 Å². The third-order valence-corrected chi connectivity index (χ3v) is 3.82. The zero-order chi connectivity index (χ0) is 15.8. The molecule has 0 bridgehead atoms. The first kappa shape index (κ1) is 17.5. The minimum Gasteiger partial charge on any atom is -0.338 e. The summed E-state index contributed by atoms with van der Waals surface area (Å²) in [6.45, 7) is 12.2. The van der Waals surface area contributed by atoms with Crippen molar-refractivity contribution in [2.24, 2.45) is 5.92 Å². The van der Waals surface area contributed by atoms with E-state index in [4.69, 9.17) is 0 Å². The van der Waals surface area contributed by atoms with E-state index in [2.05, 4.69) is 58.5 Å². The minimum absolute atomic E-state index is 0.234. The molecule has 1 atom stereocenters. The summed E-state index contributed by atoms with van der Waals surface area (Å²) < 4.78 is 0. The fraction of sp³-hybridized carbons (Fsp3) is 0.526. The summed E-state index contributed by atoms with van der Waals surface area (Å²) in [5.41, 5.74) is 1.32. The normalized spacial score (nSPS) is 12.5. The van der Waals surface area contributed by atoms with Gasteiger partial charge in [-0.2, -0.15) is 0 Å². The molecule has 0 aliphatic rings. The Hall–Kier alpha value is -1.57. The lowest BCUT2D eigenvalue weighted by Gasteiger charge is -2.32. The summed E-state index contributed by atoms with van der Waals surface area (Å²) in [5.74, 6) is 0.482. The first-order valence-electron chi connectivity index (χ1n) is 7.93. The number of hydrogen-bond acceptors (Lipinski definition) is 1. The molecule has 1 amide bonds. The van der Waals surface area contributed by atoms with E-state index in [-0.39, 0.29) is 23.9 Å². The van der Waals surface area contributed by atoms with E-state index in [1.54, 1.807) is 0 Å². The van der Waals surface area contributed by atoms with Crippen LogP contribution in [0.5, 0.6) is 0 Å². The van der Waals surface area contributed by atoms with Crippen LogP contribution in [0.15, 0.2) is 43.0 Å². The topological polar surface area (TPSA) is 20.3 Å². The largest absolute Gasteiger partial charge is 0.338 e. The van der Waals surface area contributed by atoms with Gasteiger partial charge in [0.15, 0.2) is 0 Å². The van der Waals surface area contributed by atoms with Crippen molar-refractivity contribution in [1.29, 1.82) is 0 Å². The van der Waals surface area contributed by atoms with Gasteiger partial charge in [-0.3, -0.25) is 4.79 Å². The van der Waals surface area contributed by atoms with E-state index in [1.165, 1.54) is 5.56 Å². The predicted octanol–water partition coefficient (Wildman–Crippen LogP) is 4.46. The van der Waals surface area contributed by atoms with Crippen LogP contribution in [-0.4, -0.2) is 22.9 Å². The second-order valence-electron chi connectivity index (χ2n) is 6.21. The number of carbonyl (C=O) groups is 1. The molecule has 0 radical (unpaired) electrons. The maximum absolute atomic E-state index is 12.5. The van der Waals surface area contributed by atoms with Crippen LogP contribution in [0.1, 0.15) is 46.1 Å².